The van der Waals surface area contributed by atoms with Crippen molar-refractivity contribution in [3.8, 4) is 23.0 Å². The molecule has 0 spiro atoms. The van der Waals surface area contributed by atoms with E-state index in [0.717, 1.165) is 5.56 Å². The van der Waals surface area contributed by atoms with Gasteiger partial charge >= 0.3 is 0 Å². The Kier molecular flexibility index (Phi) is 12.6. The maximum Gasteiger partial charge on any atom is 0.246 e. The zero-order valence-corrected chi connectivity index (χ0v) is 32.8. The van der Waals surface area contributed by atoms with Crippen molar-refractivity contribution < 1.29 is 38.6 Å². The van der Waals surface area contributed by atoms with E-state index >= 15 is 0 Å². The zero-order chi connectivity index (χ0) is 40.1. The number of ether oxygens (including phenoxy) is 2. The van der Waals surface area contributed by atoms with Crippen molar-refractivity contribution in [3.05, 3.63) is 83.4 Å². The lowest BCUT2D eigenvalue weighted by molar-refractivity contribution is -0.148. The highest BCUT2D eigenvalue weighted by Crippen LogP contribution is 2.33. The average Bonchev–Trinajstić information content (AvgIpc) is 3.17. The van der Waals surface area contributed by atoms with Crippen LogP contribution < -0.4 is 25.4 Å². The molecule has 15 heteroatoms. The van der Waals surface area contributed by atoms with Crippen molar-refractivity contribution in [2.24, 2.45) is 0 Å². The number of nitrogens with one attached hydrogen (secondary N) is 3. The van der Waals surface area contributed by atoms with Gasteiger partial charge in [0.2, 0.25) is 29.5 Å². The number of amides is 5. The number of likely N-dealkylation sites (N-methyl/N-ethyl adjacent to an activating group) is 3. The molecule has 6 bridgehead atoms. The Balaban J connectivity index is 1.57. The maximum absolute atomic E-state index is 14.6. The van der Waals surface area contributed by atoms with E-state index in [-0.39, 0.29) is 35.7 Å². The molecule has 6 rings (SSSR count). The third kappa shape index (κ3) is 9.34. The molecule has 0 saturated carbocycles. The summed E-state index contributed by atoms with van der Waals surface area (Å²) >= 11 is 5.89. The summed E-state index contributed by atoms with van der Waals surface area (Å²) in [5.74, 6) is -1.56. The highest BCUT2D eigenvalue weighted by Gasteiger charge is 2.38. The summed E-state index contributed by atoms with van der Waals surface area (Å²) in [5, 5.41) is 19.1. The molecule has 3 aromatic rings. The van der Waals surface area contributed by atoms with E-state index in [2.05, 4.69) is 16.0 Å². The largest absolute Gasteiger partial charge is 0.504 e. The van der Waals surface area contributed by atoms with Gasteiger partial charge in [0.05, 0.1) is 18.1 Å². The van der Waals surface area contributed by atoms with Gasteiger partial charge in [-0.15, -0.1) is 0 Å². The molecule has 4 N–H and O–H groups in total. The van der Waals surface area contributed by atoms with Crippen LogP contribution in [0.5, 0.6) is 23.0 Å². The predicted octanol–water partition coefficient (Wildman–Crippen LogP) is 2.34. The molecule has 5 amide bonds. The minimum atomic E-state index is -1.17. The number of rotatable bonds is 3. The summed E-state index contributed by atoms with van der Waals surface area (Å²) in [6.07, 6.45) is 0.335. The first-order valence-electron chi connectivity index (χ1n) is 18.0. The standard InChI is InChI=1S/C40H48N6O8S/c1-22-35(48)42-23(2)38(50)45(5)31(18-25-8-13-28(53-7)14-9-25)37(55)43-24(3)39(51)46(6)32-19-26-10-15-29(16-11-26)54-34-21-27(12-17-33(34)47)20-30(36(49)41-22)44(4)40(32)52/h8-17,21-24,30-32,47H,18-20H2,1-7H3,(H,41,49)(H,42,48)(H,43,55)/t22-,23+,24+,30+,31+,32+/m1/s1. The maximum atomic E-state index is 14.6. The predicted molar refractivity (Wildman–Crippen MR) is 209 cm³/mol. The fourth-order valence-electron chi connectivity index (χ4n) is 6.67. The van der Waals surface area contributed by atoms with E-state index < -0.39 is 65.8 Å². The second kappa shape index (κ2) is 17.2. The Labute approximate surface area is 326 Å². The molecule has 55 heavy (non-hydrogen) atoms. The van der Waals surface area contributed by atoms with Crippen LogP contribution in [0.25, 0.3) is 0 Å². The number of thiocarbonyl (C=S) groups is 1. The van der Waals surface area contributed by atoms with E-state index in [1.165, 1.54) is 48.7 Å². The first kappa shape index (κ1) is 40.5. The Morgan fingerprint density at radius 3 is 1.93 bits per heavy atom. The molecule has 0 aliphatic carbocycles. The normalized spacial score (nSPS) is 24.6. The number of hydrogen-bond donors (Lipinski definition) is 4. The fourth-order valence-corrected chi connectivity index (χ4v) is 7.09. The minimum absolute atomic E-state index is 0.0253. The lowest BCUT2D eigenvalue weighted by Crippen LogP contribution is -2.61. The molecule has 0 aromatic heterocycles. The zero-order valence-electron chi connectivity index (χ0n) is 32.0. The van der Waals surface area contributed by atoms with Gasteiger partial charge in [0.1, 0.15) is 41.7 Å². The lowest BCUT2D eigenvalue weighted by Gasteiger charge is -2.37. The number of carbonyl (C=O) groups is 5. The van der Waals surface area contributed by atoms with Crippen molar-refractivity contribution in [1.82, 2.24) is 30.7 Å². The second-order valence-electron chi connectivity index (χ2n) is 14.1. The smallest absolute Gasteiger partial charge is 0.246 e. The molecular formula is C40H48N6O8S. The van der Waals surface area contributed by atoms with Gasteiger partial charge in [-0.3, -0.25) is 24.0 Å². The molecule has 3 aliphatic heterocycles. The molecule has 1 saturated heterocycles. The van der Waals surface area contributed by atoms with Gasteiger partial charge in [-0.25, -0.2) is 0 Å². The molecule has 0 unspecified atom stereocenters. The number of nitrogens with zero attached hydrogens (tertiary/aromatic N) is 3. The Morgan fingerprint density at radius 2 is 1.27 bits per heavy atom. The number of hydrogen-bond acceptors (Lipinski definition) is 9. The molecular weight excluding hydrogens is 725 g/mol. The minimum Gasteiger partial charge on any atom is -0.504 e. The van der Waals surface area contributed by atoms with E-state index in [4.69, 9.17) is 21.7 Å². The third-order valence-corrected chi connectivity index (χ3v) is 10.6. The molecule has 6 atom stereocenters. The first-order chi connectivity index (χ1) is 26.1. The van der Waals surface area contributed by atoms with Crippen LogP contribution in [0.1, 0.15) is 37.5 Å². The fraction of sp³-hybridized carbons (Fsp3) is 0.400. The molecule has 14 nitrogen and oxygen atoms in total. The van der Waals surface area contributed by atoms with Crippen LogP contribution in [0.3, 0.4) is 0 Å². The van der Waals surface area contributed by atoms with E-state index in [9.17, 15) is 29.1 Å². The number of fused-ring (bicyclic) bond motifs is 2. The van der Waals surface area contributed by atoms with E-state index in [1.54, 1.807) is 69.6 Å². The summed E-state index contributed by atoms with van der Waals surface area (Å²) < 4.78 is 11.3. The monoisotopic (exact) mass is 772 g/mol. The molecule has 3 aliphatic rings. The van der Waals surface area contributed by atoms with Crippen molar-refractivity contribution in [1.29, 1.82) is 0 Å². The highest BCUT2D eigenvalue weighted by atomic mass is 32.1. The SMILES string of the molecule is COc1ccc(C[C@H]2C(=S)N[C@@H](C)C(=O)N(C)[C@H]3Cc4ccc(cc4)Oc4cc(ccc4O)C[C@@H](C(=O)N[C@H](C)C(=O)N[C@@H](C)C(=O)N2C)N(C)C3=O)cc1. The van der Waals surface area contributed by atoms with Crippen LogP contribution >= 0.6 is 12.2 Å². The van der Waals surface area contributed by atoms with Gasteiger partial charge in [-0.05, 0) is 80.3 Å². The van der Waals surface area contributed by atoms with Crippen LogP contribution in [-0.4, -0.2) is 119 Å². The van der Waals surface area contributed by atoms with Crippen LogP contribution in [0.2, 0.25) is 0 Å². The molecule has 3 aromatic carbocycles. The number of phenolic OH excluding ortho intramolecular Hbond substituents is 1. The van der Waals surface area contributed by atoms with E-state index in [0.29, 0.717) is 22.6 Å². The number of phenols is 1. The third-order valence-electron chi connectivity index (χ3n) is 10.2. The summed E-state index contributed by atoms with van der Waals surface area (Å²) in [5.41, 5.74) is 2.09. The number of methoxy groups -OCH3 is 1. The van der Waals surface area contributed by atoms with Gasteiger partial charge < -0.3 is 45.2 Å². The number of aromatic hydroxyl groups is 1. The van der Waals surface area contributed by atoms with Gasteiger partial charge in [-0.1, -0.05) is 42.5 Å². The van der Waals surface area contributed by atoms with E-state index in [1.807, 2.05) is 12.1 Å². The quantitative estimate of drug-likeness (QED) is 0.290. The topological polar surface area (TPSA) is 170 Å². The Bertz CT molecular complexity index is 1940. The van der Waals surface area contributed by atoms with Crippen molar-refractivity contribution in [3.63, 3.8) is 0 Å². The van der Waals surface area contributed by atoms with Crippen LogP contribution in [-0.2, 0) is 43.2 Å². The lowest BCUT2D eigenvalue weighted by atomic mass is 9.98. The van der Waals surface area contributed by atoms with Gasteiger partial charge in [0, 0.05) is 34.0 Å². The highest BCUT2D eigenvalue weighted by molar-refractivity contribution is 7.80. The van der Waals surface area contributed by atoms with Gasteiger partial charge in [-0.2, -0.15) is 0 Å². The summed E-state index contributed by atoms with van der Waals surface area (Å²) in [4.78, 5) is 74.6. The number of benzene rings is 3. The second-order valence-corrected chi connectivity index (χ2v) is 14.5. The van der Waals surface area contributed by atoms with Crippen LogP contribution in [0, 0.1) is 0 Å². The average molecular weight is 773 g/mol. The van der Waals surface area contributed by atoms with Gasteiger partial charge in [0.15, 0.2) is 11.5 Å². The van der Waals surface area contributed by atoms with Crippen molar-refractivity contribution >= 4 is 46.7 Å². The molecule has 1 fully saturated rings. The number of carbonyl (C=O) groups excluding carboxylic acids is 5. The summed E-state index contributed by atoms with van der Waals surface area (Å²) in [7, 11) is 6.14. The van der Waals surface area contributed by atoms with Crippen molar-refractivity contribution in [2.45, 2.75) is 76.3 Å². The Morgan fingerprint density at radius 1 is 0.709 bits per heavy atom. The summed E-state index contributed by atoms with van der Waals surface area (Å²) in [6.45, 7) is 4.64. The van der Waals surface area contributed by atoms with Gasteiger partial charge in [0.25, 0.3) is 0 Å². The van der Waals surface area contributed by atoms with Crippen molar-refractivity contribution in [2.75, 3.05) is 28.3 Å². The van der Waals surface area contributed by atoms with Crippen LogP contribution in [0.4, 0.5) is 0 Å². The van der Waals surface area contributed by atoms with Crippen LogP contribution in [0.15, 0.2) is 66.7 Å². The molecule has 0 radical (unpaired) electrons. The molecule has 292 valence electrons. The summed E-state index contributed by atoms with van der Waals surface area (Å²) in [6, 6.07) is 12.8. The molecule has 3 heterocycles. The Hall–Kier alpha value is -5.70. The first-order valence-corrected chi connectivity index (χ1v) is 18.4.